The SMILES string of the molecule is CN(Cc1ncc(-c2ccccc2)o1)C[C@@H]1CCCN1c1cccnn1. The van der Waals surface area contributed by atoms with Crippen LogP contribution in [0.25, 0.3) is 11.3 Å². The molecule has 0 radical (unpaired) electrons. The summed E-state index contributed by atoms with van der Waals surface area (Å²) in [7, 11) is 2.11. The highest BCUT2D eigenvalue weighted by Gasteiger charge is 2.27. The number of nitrogens with zero attached hydrogens (tertiary/aromatic N) is 5. The summed E-state index contributed by atoms with van der Waals surface area (Å²) in [6, 6.07) is 14.5. The second kappa shape index (κ2) is 7.66. The third kappa shape index (κ3) is 3.75. The number of benzene rings is 1. The molecule has 6 nitrogen and oxygen atoms in total. The number of oxazole rings is 1. The highest BCUT2D eigenvalue weighted by Crippen LogP contribution is 2.24. The highest BCUT2D eigenvalue weighted by atomic mass is 16.4. The van der Waals surface area contributed by atoms with Crippen molar-refractivity contribution in [2.24, 2.45) is 0 Å². The molecule has 0 bridgehead atoms. The van der Waals surface area contributed by atoms with E-state index >= 15 is 0 Å². The first-order valence-corrected chi connectivity index (χ1v) is 9.02. The van der Waals surface area contributed by atoms with E-state index in [9.17, 15) is 0 Å². The van der Waals surface area contributed by atoms with Crippen molar-refractivity contribution in [1.82, 2.24) is 20.1 Å². The smallest absolute Gasteiger partial charge is 0.209 e. The zero-order valence-corrected chi connectivity index (χ0v) is 15.0. The summed E-state index contributed by atoms with van der Waals surface area (Å²) >= 11 is 0. The molecular formula is C20H23N5O. The maximum atomic E-state index is 5.93. The third-order valence-electron chi connectivity index (χ3n) is 4.77. The second-order valence-corrected chi connectivity index (χ2v) is 6.75. The maximum Gasteiger partial charge on any atom is 0.209 e. The molecule has 0 spiro atoms. The monoisotopic (exact) mass is 349 g/mol. The van der Waals surface area contributed by atoms with Crippen LogP contribution in [0.4, 0.5) is 5.82 Å². The fourth-order valence-electron chi connectivity index (χ4n) is 3.55. The second-order valence-electron chi connectivity index (χ2n) is 6.75. The van der Waals surface area contributed by atoms with Gasteiger partial charge in [0.25, 0.3) is 0 Å². The minimum absolute atomic E-state index is 0.445. The zero-order valence-electron chi connectivity index (χ0n) is 15.0. The van der Waals surface area contributed by atoms with Crippen molar-refractivity contribution >= 4 is 5.82 Å². The summed E-state index contributed by atoms with van der Waals surface area (Å²) < 4.78 is 5.93. The zero-order chi connectivity index (χ0) is 17.8. The Bertz CT molecular complexity index is 820. The molecule has 3 heterocycles. The lowest BCUT2D eigenvalue weighted by Gasteiger charge is -2.28. The lowest BCUT2D eigenvalue weighted by molar-refractivity contribution is 0.272. The van der Waals surface area contributed by atoms with Crippen LogP contribution in [-0.4, -0.2) is 46.3 Å². The predicted molar refractivity (Wildman–Crippen MR) is 101 cm³/mol. The van der Waals surface area contributed by atoms with Crippen LogP contribution in [0.15, 0.2) is 59.3 Å². The molecule has 0 amide bonds. The number of hydrogen-bond acceptors (Lipinski definition) is 6. The third-order valence-corrected chi connectivity index (χ3v) is 4.77. The minimum Gasteiger partial charge on any atom is -0.439 e. The molecule has 26 heavy (non-hydrogen) atoms. The highest BCUT2D eigenvalue weighted by molar-refractivity contribution is 5.55. The van der Waals surface area contributed by atoms with Crippen molar-refractivity contribution < 1.29 is 4.42 Å². The van der Waals surface area contributed by atoms with Crippen LogP contribution in [0.5, 0.6) is 0 Å². The van der Waals surface area contributed by atoms with Gasteiger partial charge in [-0.05, 0) is 32.0 Å². The number of hydrogen-bond donors (Lipinski definition) is 0. The van der Waals surface area contributed by atoms with Crippen LogP contribution < -0.4 is 4.90 Å². The lowest BCUT2D eigenvalue weighted by atomic mass is 10.2. The summed E-state index contributed by atoms with van der Waals surface area (Å²) in [4.78, 5) is 9.06. The van der Waals surface area contributed by atoms with Crippen LogP contribution in [0.2, 0.25) is 0 Å². The number of likely N-dealkylation sites (N-methyl/N-ethyl adjacent to an activating group) is 1. The molecular weight excluding hydrogens is 326 g/mol. The Morgan fingerprint density at radius 2 is 2.08 bits per heavy atom. The quantitative estimate of drug-likeness (QED) is 0.681. The van der Waals surface area contributed by atoms with E-state index in [0.717, 1.165) is 36.1 Å². The average Bonchev–Trinajstić information content (AvgIpc) is 3.33. The van der Waals surface area contributed by atoms with Crippen molar-refractivity contribution in [2.75, 3.05) is 25.0 Å². The van der Waals surface area contributed by atoms with E-state index in [-0.39, 0.29) is 0 Å². The van der Waals surface area contributed by atoms with Gasteiger partial charge in [0.05, 0.1) is 12.7 Å². The van der Waals surface area contributed by atoms with E-state index in [1.165, 1.54) is 12.8 Å². The molecule has 6 heteroatoms. The Balaban J connectivity index is 1.38. The van der Waals surface area contributed by atoms with Gasteiger partial charge in [-0.2, -0.15) is 5.10 Å². The molecule has 1 fully saturated rings. The van der Waals surface area contributed by atoms with Crippen LogP contribution in [0.1, 0.15) is 18.7 Å². The van der Waals surface area contributed by atoms with Gasteiger partial charge in [0, 0.05) is 30.9 Å². The van der Waals surface area contributed by atoms with E-state index in [1.807, 2.05) is 42.5 Å². The van der Waals surface area contributed by atoms with Crippen LogP contribution >= 0.6 is 0 Å². The van der Waals surface area contributed by atoms with Gasteiger partial charge in [-0.3, -0.25) is 4.90 Å². The van der Waals surface area contributed by atoms with Crippen molar-refractivity contribution in [2.45, 2.75) is 25.4 Å². The van der Waals surface area contributed by atoms with E-state index in [2.05, 4.69) is 32.0 Å². The Morgan fingerprint density at radius 1 is 1.19 bits per heavy atom. The average molecular weight is 349 g/mol. The molecule has 1 atom stereocenters. The number of aromatic nitrogens is 3. The summed E-state index contributed by atoms with van der Waals surface area (Å²) in [5, 5.41) is 8.28. The molecule has 2 aromatic heterocycles. The first-order chi connectivity index (χ1) is 12.8. The molecule has 3 aromatic rings. The Hall–Kier alpha value is -2.73. The van der Waals surface area contributed by atoms with Gasteiger partial charge < -0.3 is 9.32 Å². The van der Waals surface area contributed by atoms with Gasteiger partial charge in [0.15, 0.2) is 11.6 Å². The maximum absolute atomic E-state index is 5.93. The fourth-order valence-corrected chi connectivity index (χ4v) is 3.55. The van der Waals surface area contributed by atoms with Crippen LogP contribution in [-0.2, 0) is 6.54 Å². The molecule has 0 aliphatic carbocycles. The largest absolute Gasteiger partial charge is 0.439 e. The van der Waals surface area contributed by atoms with Gasteiger partial charge in [-0.1, -0.05) is 30.3 Å². The van der Waals surface area contributed by atoms with E-state index in [0.29, 0.717) is 12.6 Å². The summed E-state index contributed by atoms with van der Waals surface area (Å²) in [5.74, 6) is 2.53. The molecule has 1 saturated heterocycles. The summed E-state index contributed by atoms with van der Waals surface area (Å²) in [6.07, 6.45) is 5.88. The molecule has 0 unspecified atom stereocenters. The van der Waals surface area contributed by atoms with Crippen LogP contribution in [0, 0.1) is 0 Å². The number of anilines is 1. The summed E-state index contributed by atoms with van der Waals surface area (Å²) in [5.41, 5.74) is 1.05. The van der Waals surface area contributed by atoms with Crippen LogP contribution in [0.3, 0.4) is 0 Å². The van der Waals surface area contributed by atoms with Crippen molar-refractivity contribution in [3.8, 4) is 11.3 Å². The Kier molecular flexibility index (Phi) is 4.93. The molecule has 1 aliphatic heterocycles. The standard InChI is InChI=1S/C20H23N5O/c1-24(14-17-9-6-12-25(17)19-10-5-11-22-23-19)15-20-21-13-18(26-20)16-7-3-2-4-8-16/h2-5,7-8,10-11,13,17H,6,9,12,14-15H2,1H3/t17-/m0/s1. The first kappa shape index (κ1) is 16.7. The number of rotatable bonds is 6. The predicted octanol–water partition coefficient (Wildman–Crippen LogP) is 3.23. The molecule has 134 valence electrons. The molecule has 1 aliphatic rings. The van der Waals surface area contributed by atoms with Gasteiger partial charge in [0.1, 0.15) is 0 Å². The van der Waals surface area contributed by atoms with Gasteiger partial charge in [0.2, 0.25) is 5.89 Å². The molecule has 1 aromatic carbocycles. The Morgan fingerprint density at radius 3 is 2.88 bits per heavy atom. The normalized spacial score (nSPS) is 17.2. The van der Waals surface area contributed by atoms with E-state index in [4.69, 9.17) is 4.42 Å². The Labute approximate surface area is 153 Å². The summed E-state index contributed by atoms with van der Waals surface area (Å²) in [6.45, 7) is 2.67. The van der Waals surface area contributed by atoms with Gasteiger partial charge in [-0.15, -0.1) is 5.10 Å². The topological polar surface area (TPSA) is 58.3 Å². The lowest BCUT2D eigenvalue weighted by Crippen LogP contribution is -2.39. The van der Waals surface area contributed by atoms with Crippen molar-refractivity contribution in [3.63, 3.8) is 0 Å². The van der Waals surface area contributed by atoms with Gasteiger partial charge >= 0.3 is 0 Å². The molecule has 0 saturated carbocycles. The molecule has 0 N–H and O–H groups in total. The minimum atomic E-state index is 0.445. The van der Waals surface area contributed by atoms with Crippen molar-refractivity contribution in [1.29, 1.82) is 0 Å². The van der Waals surface area contributed by atoms with E-state index < -0.39 is 0 Å². The van der Waals surface area contributed by atoms with Gasteiger partial charge in [-0.25, -0.2) is 4.98 Å². The first-order valence-electron chi connectivity index (χ1n) is 9.02. The fraction of sp³-hybridized carbons (Fsp3) is 0.350. The molecule has 4 rings (SSSR count). The van der Waals surface area contributed by atoms with E-state index in [1.54, 1.807) is 12.4 Å². The van der Waals surface area contributed by atoms with Crippen molar-refractivity contribution in [3.05, 3.63) is 60.7 Å².